The molecule has 1 N–H and O–H groups in total. The molecular formula is C102H64N4. The van der Waals surface area contributed by atoms with Gasteiger partial charge in [-0.1, -0.05) is 279 Å². The Morgan fingerprint density at radius 1 is 0.217 bits per heavy atom. The van der Waals surface area contributed by atoms with E-state index in [1.54, 1.807) is 0 Å². The Morgan fingerprint density at radius 2 is 0.604 bits per heavy atom. The average Bonchev–Trinajstić information content (AvgIpc) is 0.728. The van der Waals surface area contributed by atoms with E-state index in [2.05, 4.69) is 345 Å². The second kappa shape index (κ2) is 25.0. The topological polar surface area (TPSA) is 50.7 Å². The first-order chi connectivity index (χ1) is 52.5. The van der Waals surface area contributed by atoms with Crippen molar-refractivity contribution in [3.05, 3.63) is 387 Å². The molecule has 0 bridgehead atoms. The lowest BCUT2D eigenvalue weighted by Gasteiger charge is -2.23. The Kier molecular flexibility index (Phi) is 14.3. The van der Waals surface area contributed by atoms with Crippen LogP contribution in [0.1, 0.15) is 16.8 Å². The molecule has 1 aliphatic heterocycles. The van der Waals surface area contributed by atoms with E-state index in [9.17, 15) is 0 Å². The van der Waals surface area contributed by atoms with Crippen molar-refractivity contribution in [2.24, 2.45) is 0 Å². The monoisotopic (exact) mass is 1340 g/mol. The molecule has 0 saturated carbocycles. The predicted molar refractivity (Wildman–Crippen MR) is 447 cm³/mol. The van der Waals surface area contributed by atoms with Gasteiger partial charge in [0, 0.05) is 52.8 Å². The number of aromatic nitrogens is 3. The van der Waals surface area contributed by atoms with Gasteiger partial charge in [0.25, 0.3) is 0 Å². The molecule has 0 unspecified atom stereocenters. The molecule has 4 heteroatoms. The zero-order chi connectivity index (χ0) is 69.8. The summed E-state index contributed by atoms with van der Waals surface area (Å²) in [5.41, 5.74) is 25.6. The smallest absolute Gasteiger partial charge is 0.0730 e. The zero-order valence-electron chi connectivity index (χ0n) is 57.8. The molecule has 20 aromatic rings. The molecule has 4 nitrogen and oxygen atoms in total. The Balaban J connectivity index is 0.695. The fourth-order valence-electron chi connectivity index (χ4n) is 16.9. The minimum Gasteiger partial charge on any atom is -0.386 e. The van der Waals surface area contributed by atoms with Crippen molar-refractivity contribution in [3.8, 4) is 100 Å². The first kappa shape index (κ1) is 60.8. The maximum absolute atomic E-state index is 5.64. The highest BCUT2D eigenvalue weighted by Crippen LogP contribution is 2.50. The summed E-state index contributed by atoms with van der Waals surface area (Å²) >= 11 is 0. The molecule has 0 saturated heterocycles. The third-order valence-corrected chi connectivity index (χ3v) is 22.1. The van der Waals surface area contributed by atoms with E-state index in [4.69, 9.17) is 15.0 Å². The maximum Gasteiger partial charge on any atom is 0.0730 e. The molecule has 4 heterocycles. The largest absolute Gasteiger partial charge is 0.386 e. The van der Waals surface area contributed by atoms with Gasteiger partial charge in [-0.3, -0.25) is 9.97 Å². The van der Waals surface area contributed by atoms with Crippen LogP contribution < -0.4 is 5.32 Å². The van der Waals surface area contributed by atoms with Crippen LogP contribution in [0.4, 0.5) is 0 Å². The molecule has 17 aromatic carbocycles. The Labute approximate surface area is 613 Å². The molecular weight excluding hydrogens is 1280 g/mol. The molecule has 0 radical (unpaired) electrons. The van der Waals surface area contributed by atoms with Crippen molar-refractivity contribution in [3.63, 3.8) is 0 Å². The van der Waals surface area contributed by atoms with Gasteiger partial charge in [-0.05, 0) is 242 Å². The van der Waals surface area contributed by atoms with Gasteiger partial charge < -0.3 is 5.32 Å². The summed E-state index contributed by atoms with van der Waals surface area (Å²) in [6, 6.07) is 130. The van der Waals surface area contributed by atoms with Gasteiger partial charge in [-0.2, -0.15) is 0 Å². The highest BCUT2D eigenvalue weighted by Gasteiger charge is 2.25. The van der Waals surface area contributed by atoms with Crippen LogP contribution in [0, 0.1) is 0 Å². The van der Waals surface area contributed by atoms with Crippen molar-refractivity contribution in [1.82, 2.24) is 20.3 Å². The number of pyridine rings is 3. The van der Waals surface area contributed by atoms with E-state index in [1.807, 2.05) is 30.6 Å². The average molecular weight is 1350 g/mol. The van der Waals surface area contributed by atoms with Gasteiger partial charge in [0.1, 0.15) is 0 Å². The van der Waals surface area contributed by atoms with Gasteiger partial charge >= 0.3 is 0 Å². The van der Waals surface area contributed by atoms with E-state index < -0.39 is 0 Å². The van der Waals surface area contributed by atoms with E-state index in [0.717, 1.165) is 78.1 Å². The molecule has 0 amide bonds. The predicted octanol–water partition coefficient (Wildman–Crippen LogP) is 26.7. The standard InChI is InChI=1S/C102H64N4/c1-5-19-69-51-77(39-35-63(69)15-1)99-85-24-10-11-25-86(85)101(79-41-37-65-17-3-7-21-71(65)53-79)92-58-76(45-49-89(92)99)97-29-14-30-98(106-97)94-62-103-61-93-83(26-13-27-84(93)94)74-44-48-88-91(57-74)102(80-42-38-66-18-4-8-22-72(66)54-80)90-56-73(43-47-87(90)100(88)78-40-36-64-16-2-6-20-70(64)52-78)67-31-33-68(34-32-67)81-46-50-96(104-59-81)82-55-75-23-9-12-28-95(75)105-60-82/h1-60,62,103H,61H2. The second-order valence-electron chi connectivity index (χ2n) is 28.2. The van der Waals surface area contributed by atoms with Crippen molar-refractivity contribution >= 4 is 103 Å². The van der Waals surface area contributed by atoms with Crippen molar-refractivity contribution in [1.29, 1.82) is 0 Å². The lowest BCUT2D eigenvalue weighted by atomic mass is 9.82. The van der Waals surface area contributed by atoms with Gasteiger partial charge in [0.15, 0.2) is 0 Å². The van der Waals surface area contributed by atoms with Crippen molar-refractivity contribution < 1.29 is 0 Å². The number of nitrogens with zero attached hydrogens (tertiary/aromatic N) is 3. The van der Waals surface area contributed by atoms with Gasteiger partial charge in [0.2, 0.25) is 0 Å². The van der Waals surface area contributed by atoms with Crippen LogP contribution in [0.3, 0.4) is 0 Å². The molecule has 0 aliphatic carbocycles. The molecule has 21 rings (SSSR count). The fourth-order valence-corrected chi connectivity index (χ4v) is 16.9. The van der Waals surface area contributed by atoms with E-state index in [-0.39, 0.29) is 0 Å². The summed E-state index contributed by atoms with van der Waals surface area (Å²) in [4.78, 5) is 15.3. The summed E-state index contributed by atoms with van der Waals surface area (Å²) < 4.78 is 0. The number of fused-ring (bicyclic) bond motifs is 10. The third kappa shape index (κ3) is 10.4. The van der Waals surface area contributed by atoms with E-state index >= 15 is 0 Å². The number of hydrogen-bond acceptors (Lipinski definition) is 4. The van der Waals surface area contributed by atoms with Crippen molar-refractivity contribution in [2.75, 3.05) is 0 Å². The summed E-state index contributed by atoms with van der Waals surface area (Å²) in [5, 5.41) is 24.2. The molecule has 106 heavy (non-hydrogen) atoms. The minimum atomic E-state index is 0.660. The molecule has 1 aliphatic rings. The minimum absolute atomic E-state index is 0.660. The molecule has 0 atom stereocenters. The lowest BCUT2D eigenvalue weighted by Crippen LogP contribution is -2.16. The summed E-state index contributed by atoms with van der Waals surface area (Å²) in [5.74, 6) is 0. The first-order valence-corrected chi connectivity index (χ1v) is 36.5. The highest BCUT2D eigenvalue weighted by atomic mass is 14.9. The second-order valence-corrected chi connectivity index (χ2v) is 28.2. The summed E-state index contributed by atoms with van der Waals surface area (Å²) in [7, 11) is 0. The normalized spacial score (nSPS) is 12.2. The molecule has 0 fully saturated rings. The SMILES string of the molecule is C1=C(c2cccc(-c3ccc4c(-c5ccc6ccccc6c5)c5ccccc5c(-c5ccc6ccccc6c5)c4c3)n2)c2cccc(-c3ccc4c(-c5ccc6ccccc6c5)c5ccc(-c6ccc(-c7ccc(-c8cnc9ccccc9c8)nc7)cc6)cc5c(-c5ccc6ccccc6c5)c4c3)c2CN1. The van der Waals surface area contributed by atoms with Crippen molar-refractivity contribution in [2.45, 2.75) is 6.54 Å². The van der Waals surface area contributed by atoms with Crippen LogP contribution >= 0.6 is 0 Å². The van der Waals surface area contributed by atoms with Crippen LogP contribution in [0.25, 0.3) is 203 Å². The first-order valence-electron chi connectivity index (χ1n) is 36.5. The summed E-state index contributed by atoms with van der Waals surface area (Å²) in [6.45, 7) is 0.660. The molecule has 0 spiro atoms. The fraction of sp³-hybridized carbons (Fsp3) is 0.00980. The number of nitrogens with one attached hydrogen (secondary N) is 1. The molecule has 492 valence electrons. The van der Waals surface area contributed by atoms with Crippen LogP contribution in [0.15, 0.2) is 370 Å². The highest BCUT2D eigenvalue weighted by molar-refractivity contribution is 6.25. The summed E-state index contributed by atoms with van der Waals surface area (Å²) in [6.07, 6.45) is 6.06. The number of hydrogen-bond donors (Lipinski definition) is 1. The number of para-hydroxylation sites is 1. The maximum atomic E-state index is 5.64. The van der Waals surface area contributed by atoms with Gasteiger partial charge in [-0.25, -0.2) is 4.98 Å². The quantitative estimate of drug-likeness (QED) is 0.139. The van der Waals surface area contributed by atoms with Crippen LogP contribution in [0.2, 0.25) is 0 Å². The Morgan fingerprint density at radius 3 is 1.16 bits per heavy atom. The van der Waals surface area contributed by atoms with Gasteiger partial charge in [-0.15, -0.1) is 0 Å². The third-order valence-electron chi connectivity index (χ3n) is 22.1. The van der Waals surface area contributed by atoms with Crippen LogP contribution in [0.5, 0.6) is 0 Å². The van der Waals surface area contributed by atoms with Gasteiger partial charge in [0.05, 0.1) is 22.6 Å². The number of rotatable bonds is 10. The molecule has 3 aromatic heterocycles. The van der Waals surface area contributed by atoms with E-state index in [0.29, 0.717) is 6.54 Å². The van der Waals surface area contributed by atoms with Crippen LogP contribution in [-0.2, 0) is 6.54 Å². The Hall–Kier alpha value is -13.9. The number of benzene rings is 17. The zero-order valence-corrected chi connectivity index (χ0v) is 57.8. The van der Waals surface area contributed by atoms with E-state index in [1.165, 1.54) is 142 Å². The lowest BCUT2D eigenvalue weighted by molar-refractivity contribution is 0.853. The Bertz CT molecular complexity index is 7070. The van der Waals surface area contributed by atoms with Crippen LogP contribution in [-0.4, -0.2) is 15.0 Å².